The molecule has 0 radical (unpaired) electrons. The number of nitrogens with zero attached hydrogens (tertiary/aromatic N) is 6. The van der Waals surface area contributed by atoms with Gasteiger partial charge in [0.25, 0.3) is 0 Å². The molecule has 1 unspecified atom stereocenters. The summed E-state index contributed by atoms with van der Waals surface area (Å²) in [6.45, 7) is 4.41. The van der Waals surface area contributed by atoms with Gasteiger partial charge in [-0.15, -0.1) is 0 Å². The maximum absolute atomic E-state index is 10.7. The van der Waals surface area contributed by atoms with Crippen LogP contribution in [0.2, 0.25) is 5.02 Å². The lowest BCUT2D eigenvalue weighted by Gasteiger charge is -2.33. The third-order valence-corrected chi connectivity index (χ3v) is 8.09. The number of likely N-dealkylation sites (tertiary alicyclic amines) is 1. The van der Waals surface area contributed by atoms with Crippen LogP contribution in [0.1, 0.15) is 66.1 Å². The van der Waals surface area contributed by atoms with Crippen molar-refractivity contribution < 1.29 is 5.11 Å². The average Bonchev–Trinajstić information content (AvgIpc) is 3.72. The fourth-order valence-corrected chi connectivity index (χ4v) is 5.68. The molecule has 1 saturated carbocycles. The van der Waals surface area contributed by atoms with Gasteiger partial charge < -0.3 is 15.3 Å². The zero-order valence-electron chi connectivity index (χ0n) is 21.3. The SMILES string of the molecule is Cc1c(Nc2ncc3cc(Cl)c(C4CCN(CC(O)c5ccc(C#N)cc5)CC4)cc3n2)cnn1C1CC1. The summed E-state index contributed by atoms with van der Waals surface area (Å²) in [7, 11) is 0. The van der Waals surface area contributed by atoms with E-state index in [9.17, 15) is 5.11 Å². The molecule has 9 heteroatoms. The van der Waals surface area contributed by atoms with Crippen molar-refractivity contribution in [2.24, 2.45) is 0 Å². The van der Waals surface area contributed by atoms with Gasteiger partial charge in [0.05, 0.1) is 46.9 Å². The normalized spacial score (nSPS) is 17.4. The third-order valence-electron chi connectivity index (χ3n) is 7.77. The van der Waals surface area contributed by atoms with Gasteiger partial charge >= 0.3 is 0 Å². The Bertz CT molecular complexity index is 1500. The zero-order valence-corrected chi connectivity index (χ0v) is 22.1. The number of hydrogen-bond donors (Lipinski definition) is 2. The summed E-state index contributed by atoms with van der Waals surface area (Å²) in [6, 6.07) is 13.9. The molecule has 0 bridgehead atoms. The van der Waals surface area contributed by atoms with E-state index < -0.39 is 6.10 Å². The quantitative estimate of drug-likeness (QED) is 0.320. The highest BCUT2D eigenvalue weighted by atomic mass is 35.5. The molecule has 8 nitrogen and oxygen atoms in total. The molecule has 38 heavy (non-hydrogen) atoms. The highest BCUT2D eigenvalue weighted by Gasteiger charge is 2.27. The first-order valence-corrected chi connectivity index (χ1v) is 13.5. The first-order chi connectivity index (χ1) is 18.5. The summed E-state index contributed by atoms with van der Waals surface area (Å²) < 4.78 is 2.08. The highest BCUT2D eigenvalue weighted by Crippen LogP contribution is 2.38. The standard InChI is InChI=1S/C29H30ClN7O/c1-18-27(16-33-37(18)23-6-7-23)35-29-32-15-22-12-25(30)24(13-26(22)34-29)20-8-10-36(11-9-20)17-28(38)21-4-2-19(14-31)3-5-21/h2-5,12-13,15-16,20,23,28,38H,6-11,17H2,1H3,(H,32,34,35). The Morgan fingerprint density at radius 2 is 1.89 bits per heavy atom. The van der Waals surface area contributed by atoms with Gasteiger partial charge in [-0.2, -0.15) is 10.4 Å². The second-order valence-corrected chi connectivity index (χ2v) is 10.8. The second-order valence-electron chi connectivity index (χ2n) is 10.4. The molecule has 1 saturated heterocycles. The first-order valence-electron chi connectivity index (χ1n) is 13.2. The maximum atomic E-state index is 10.7. The Balaban J connectivity index is 1.12. The molecular formula is C29H30ClN7O. The number of aromatic nitrogens is 4. The number of fused-ring (bicyclic) bond motifs is 1. The van der Waals surface area contributed by atoms with Crippen molar-refractivity contribution in [3.8, 4) is 6.07 Å². The van der Waals surface area contributed by atoms with E-state index >= 15 is 0 Å². The fourth-order valence-electron chi connectivity index (χ4n) is 5.35. The number of β-amino-alcohol motifs (C(OH)–C–C–N with tert-alkyl or cyclic N) is 1. The van der Waals surface area contributed by atoms with Crippen LogP contribution in [-0.2, 0) is 0 Å². The van der Waals surface area contributed by atoms with Crippen LogP contribution in [0.3, 0.4) is 0 Å². The predicted molar refractivity (Wildman–Crippen MR) is 148 cm³/mol. The number of piperidine rings is 1. The summed E-state index contributed by atoms with van der Waals surface area (Å²) in [5.74, 6) is 0.886. The van der Waals surface area contributed by atoms with E-state index in [1.807, 2.05) is 30.6 Å². The summed E-state index contributed by atoms with van der Waals surface area (Å²) in [6.07, 6.45) is 7.38. The van der Waals surface area contributed by atoms with Crippen LogP contribution >= 0.6 is 11.6 Å². The van der Waals surface area contributed by atoms with Crippen molar-refractivity contribution in [3.05, 3.63) is 76.2 Å². The molecule has 3 heterocycles. The first kappa shape index (κ1) is 24.8. The lowest BCUT2D eigenvalue weighted by atomic mass is 9.88. The van der Waals surface area contributed by atoms with Crippen molar-refractivity contribution in [3.63, 3.8) is 0 Å². The molecule has 0 amide bonds. The number of nitrogens with one attached hydrogen (secondary N) is 1. The number of halogens is 1. The summed E-state index contributed by atoms with van der Waals surface area (Å²) >= 11 is 6.73. The Kier molecular flexibility index (Phi) is 6.75. The van der Waals surface area contributed by atoms with E-state index in [0.717, 1.165) is 64.4 Å². The minimum atomic E-state index is -0.578. The van der Waals surface area contributed by atoms with Gasteiger partial charge in [-0.25, -0.2) is 9.97 Å². The summed E-state index contributed by atoms with van der Waals surface area (Å²) in [5.41, 5.74) is 5.46. The molecule has 2 aliphatic rings. The topological polar surface area (TPSA) is 103 Å². The Hall–Kier alpha value is -3.51. The van der Waals surface area contributed by atoms with Crippen LogP contribution in [0.15, 0.2) is 48.8 Å². The molecule has 2 aromatic carbocycles. The van der Waals surface area contributed by atoms with Gasteiger partial charge in [0, 0.05) is 23.2 Å². The number of aliphatic hydroxyl groups excluding tert-OH is 1. The second kappa shape index (κ2) is 10.3. The predicted octanol–water partition coefficient (Wildman–Crippen LogP) is 5.65. The number of anilines is 2. The van der Waals surface area contributed by atoms with Gasteiger partial charge in [0.15, 0.2) is 0 Å². The van der Waals surface area contributed by atoms with Gasteiger partial charge in [-0.1, -0.05) is 23.7 Å². The molecule has 0 spiro atoms. The van der Waals surface area contributed by atoms with Crippen LogP contribution in [-0.4, -0.2) is 49.4 Å². The zero-order chi connectivity index (χ0) is 26.2. The van der Waals surface area contributed by atoms with Gasteiger partial charge in [0.1, 0.15) is 0 Å². The smallest absolute Gasteiger partial charge is 0.227 e. The molecular weight excluding hydrogens is 498 g/mol. The Labute approximate surface area is 226 Å². The number of aliphatic hydroxyl groups is 1. The third kappa shape index (κ3) is 5.10. The van der Waals surface area contributed by atoms with Crippen molar-refractivity contribution in [1.82, 2.24) is 24.6 Å². The molecule has 2 aromatic heterocycles. The number of nitriles is 1. The van der Waals surface area contributed by atoms with E-state index in [4.69, 9.17) is 21.8 Å². The van der Waals surface area contributed by atoms with Crippen molar-refractivity contribution >= 4 is 34.1 Å². The van der Waals surface area contributed by atoms with Gasteiger partial charge in [-0.05, 0) is 87.0 Å². The highest BCUT2D eigenvalue weighted by molar-refractivity contribution is 6.32. The molecule has 6 rings (SSSR count). The lowest BCUT2D eigenvalue weighted by Crippen LogP contribution is -2.36. The van der Waals surface area contributed by atoms with Crippen molar-refractivity contribution in [1.29, 1.82) is 5.26 Å². The van der Waals surface area contributed by atoms with E-state index in [1.54, 1.807) is 12.1 Å². The van der Waals surface area contributed by atoms with E-state index in [1.165, 1.54) is 12.8 Å². The van der Waals surface area contributed by atoms with Crippen LogP contribution in [0.25, 0.3) is 10.9 Å². The summed E-state index contributed by atoms with van der Waals surface area (Å²) in [4.78, 5) is 11.6. The molecule has 2 N–H and O–H groups in total. The van der Waals surface area contributed by atoms with Gasteiger partial charge in [-0.3, -0.25) is 4.68 Å². The Morgan fingerprint density at radius 1 is 1.13 bits per heavy atom. The van der Waals surface area contributed by atoms with Crippen molar-refractivity contribution in [2.45, 2.75) is 50.7 Å². The fraction of sp³-hybridized carbons (Fsp3) is 0.379. The molecule has 1 aliphatic carbocycles. The monoisotopic (exact) mass is 527 g/mol. The van der Waals surface area contributed by atoms with Crippen LogP contribution in [0.5, 0.6) is 0 Å². The minimum absolute atomic E-state index is 0.334. The molecule has 1 aliphatic heterocycles. The molecule has 1 atom stereocenters. The van der Waals surface area contributed by atoms with E-state index in [-0.39, 0.29) is 0 Å². The molecule has 194 valence electrons. The minimum Gasteiger partial charge on any atom is -0.387 e. The van der Waals surface area contributed by atoms with E-state index in [2.05, 4.69) is 44.0 Å². The van der Waals surface area contributed by atoms with Crippen molar-refractivity contribution in [2.75, 3.05) is 25.0 Å². The number of rotatable bonds is 7. The summed E-state index contributed by atoms with van der Waals surface area (Å²) in [5, 5.41) is 29.2. The van der Waals surface area contributed by atoms with Crippen LogP contribution < -0.4 is 5.32 Å². The van der Waals surface area contributed by atoms with Crippen LogP contribution in [0, 0.1) is 18.3 Å². The lowest BCUT2D eigenvalue weighted by molar-refractivity contribution is 0.0973. The molecule has 2 fully saturated rings. The maximum Gasteiger partial charge on any atom is 0.227 e. The van der Waals surface area contributed by atoms with E-state index in [0.29, 0.717) is 30.0 Å². The van der Waals surface area contributed by atoms with Crippen LogP contribution in [0.4, 0.5) is 11.6 Å². The number of benzene rings is 2. The molecule has 4 aromatic rings. The largest absolute Gasteiger partial charge is 0.387 e. The Morgan fingerprint density at radius 3 is 2.61 bits per heavy atom. The number of hydrogen-bond acceptors (Lipinski definition) is 7. The average molecular weight is 528 g/mol. The van der Waals surface area contributed by atoms with Gasteiger partial charge in [0.2, 0.25) is 5.95 Å².